The van der Waals surface area contributed by atoms with Gasteiger partial charge < -0.3 is 15.0 Å². The van der Waals surface area contributed by atoms with Crippen LogP contribution in [0.1, 0.15) is 38.0 Å². The third kappa shape index (κ3) is 6.79. The Labute approximate surface area is 163 Å². The van der Waals surface area contributed by atoms with Crippen LogP contribution >= 0.6 is 0 Å². The number of benzene rings is 1. The second-order valence-electron chi connectivity index (χ2n) is 7.59. The summed E-state index contributed by atoms with van der Waals surface area (Å²) in [5, 5.41) is 3.32. The average molecular weight is 397 g/mol. The van der Waals surface area contributed by atoms with E-state index in [9.17, 15) is 8.42 Å². The number of nitrogens with one attached hydrogen (secondary N) is 2. The van der Waals surface area contributed by atoms with Crippen LogP contribution in [0.4, 0.5) is 0 Å². The van der Waals surface area contributed by atoms with Gasteiger partial charge >= 0.3 is 0 Å². The first-order chi connectivity index (χ1) is 12.6. The Hall–Kier alpha value is -1.64. The van der Waals surface area contributed by atoms with E-state index in [0.29, 0.717) is 19.7 Å². The van der Waals surface area contributed by atoms with E-state index in [1.54, 1.807) is 0 Å². The average Bonchev–Trinajstić information content (AvgIpc) is 2.57. The zero-order chi connectivity index (χ0) is 20.1. The largest absolute Gasteiger partial charge is 0.370 e. The lowest BCUT2D eigenvalue weighted by molar-refractivity contribution is -0.00835. The second-order valence-corrected chi connectivity index (χ2v) is 9.34. The highest BCUT2D eigenvalue weighted by Gasteiger charge is 2.26. The highest BCUT2D eigenvalue weighted by Crippen LogP contribution is 2.25. The molecule has 1 atom stereocenters. The second kappa shape index (κ2) is 9.03. The van der Waals surface area contributed by atoms with Crippen LogP contribution in [0.2, 0.25) is 0 Å². The summed E-state index contributed by atoms with van der Waals surface area (Å²) in [5.74, 6) is 0.780. The van der Waals surface area contributed by atoms with Crippen molar-refractivity contribution in [3.63, 3.8) is 0 Å². The molecule has 1 saturated heterocycles. The third-order valence-corrected chi connectivity index (χ3v) is 5.25. The van der Waals surface area contributed by atoms with Crippen molar-refractivity contribution in [1.82, 2.24) is 14.9 Å². The van der Waals surface area contributed by atoms with Crippen molar-refractivity contribution in [3.05, 3.63) is 35.4 Å². The molecule has 1 fully saturated rings. The predicted molar refractivity (Wildman–Crippen MR) is 109 cm³/mol. The SMILES string of the molecule is CCNC(=NCC(C)(C)NS(C)(=O)=O)N1CCOC(c2ccccc2C)C1. The fraction of sp³-hybridized carbons (Fsp3) is 0.632. The number of aryl methyl sites for hydroxylation is 1. The molecule has 1 unspecified atom stereocenters. The first-order valence-electron chi connectivity index (χ1n) is 9.30. The van der Waals surface area contributed by atoms with Crippen LogP contribution in [0, 0.1) is 6.92 Å². The predicted octanol–water partition coefficient (Wildman–Crippen LogP) is 1.66. The van der Waals surface area contributed by atoms with Gasteiger partial charge in [0.25, 0.3) is 0 Å². The van der Waals surface area contributed by atoms with Crippen molar-refractivity contribution in [3.8, 4) is 0 Å². The first kappa shape index (κ1) is 21.7. The Morgan fingerprint density at radius 1 is 1.37 bits per heavy atom. The Morgan fingerprint density at radius 2 is 2.07 bits per heavy atom. The van der Waals surface area contributed by atoms with Gasteiger partial charge in [-0.2, -0.15) is 0 Å². The molecular formula is C19H32N4O3S. The molecule has 1 heterocycles. The van der Waals surface area contributed by atoms with E-state index in [1.165, 1.54) is 17.4 Å². The van der Waals surface area contributed by atoms with Crippen LogP contribution in [0.5, 0.6) is 0 Å². The summed E-state index contributed by atoms with van der Waals surface area (Å²) in [4.78, 5) is 6.87. The van der Waals surface area contributed by atoms with Gasteiger partial charge in [-0.05, 0) is 38.8 Å². The minimum Gasteiger partial charge on any atom is -0.370 e. The van der Waals surface area contributed by atoms with E-state index in [1.807, 2.05) is 32.9 Å². The number of nitrogens with zero attached hydrogens (tertiary/aromatic N) is 2. The third-order valence-electron chi connectivity index (χ3n) is 4.32. The maximum Gasteiger partial charge on any atom is 0.209 e. The molecule has 2 rings (SSSR count). The number of guanidine groups is 1. The van der Waals surface area contributed by atoms with Crippen molar-refractivity contribution in [2.24, 2.45) is 4.99 Å². The van der Waals surface area contributed by atoms with Gasteiger partial charge in [-0.15, -0.1) is 0 Å². The van der Waals surface area contributed by atoms with E-state index in [2.05, 4.69) is 34.0 Å². The number of hydrogen-bond donors (Lipinski definition) is 2. The van der Waals surface area contributed by atoms with Gasteiger partial charge in [-0.3, -0.25) is 4.99 Å². The van der Waals surface area contributed by atoms with Gasteiger partial charge in [0, 0.05) is 18.6 Å². The molecule has 0 radical (unpaired) electrons. The summed E-state index contributed by atoms with van der Waals surface area (Å²) in [6, 6.07) is 8.26. The Balaban J connectivity index is 2.14. The summed E-state index contributed by atoms with van der Waals surface area (Å²) in [5.41, 5.74) is 1.75. The zero-order valence-electron chi connectivity index (χ0n) is 16.9. The monoisotopic (exact) mass is 396 g/mol. The standard InChI is InChI=1S/C19H32N4O3S/c1-6-20-18(21-14-19(3,4)22-27(5,24)25)23-11-12-26-17(13-23)16-10-8-7-9-15(16)2/h7-10,17,22H,6,11-14H2,1-5H3,(H,20,21). The molecule has 1 aromatic rings. The molecule has 1 aromatic carbocycles. The van der Waals surface area contributed by atoms with E-state index in [-0.39, 0.29) is 6.10 Å². The van der Waals surface area contributed by atoms with Crippen molar-refractivity contribution in [2.45, 2.75) is 39.3 Å². The zero-order valence-corrected chi connectivity index (χ0v) is 17.8. The highest BCUT2D eigenvalue weighted by molar-refractivity contribution is 7.88. The molecule has 0 saturated carbocycles. The van der Waals surface area contributed by atoms with Crippen LogP contribution < -0.4 is 10.0 Å². The lowest BCUT2D eigenvalue weighted by atomic mass is 10.0. The number of sulfonamides is 1. The number of hydrogen-bond acceptors (Lipinski definition) is 4. The van der Waals surface area contributed by atoms with Gasteiger partial charge in [0.05, 0.1) is 26.0 Å². The van der Waals surface area contributed by atoms with Gasteiger partial charge in [0.15, 0.2) is 5.96 Å². The van der Waals surface area contributed by atoms with Crippen LogP contribution in [-0.4, -0.2) is 63.9 Å². The number of aliphatic imine (C=N–C) groups is 1. The Bertz CT molecular complexity index is 762. The molecule has 1 aliphatic rings. The quantitative estimate of drug-likeness (QED) is 0.564. The van der Waals surface area contributed by atoms with Crippen molar-refractivity contribution >= 4 is 16.0 Å². The van der Waals surface area contributed by atoms with Crippen molar-refractivity contribution in [1.29, 1.82) is 0 Å². The molecule has 1 aliphatic heterocycles. The molecule has 8 heteroatoms. The lowest BCUT2D eigenvalue weighted by Crippen LogP contribution is -2.50. The summed E-state index contributed by atoms with van der Waals surface area (Å²) in [6.45, 7) is 10.9. The van der Waals surface area contributed by atoms with Gasteiger partial charge in [-0.1, -0.05) is 24.3 Å². The Morgan fingerprint density at radius 3 is 2.70 bits per heavy atom. The van der Waals surface area contributed by atoms with Crippen molar-refractivity contribution < 1.29 is 13.2 Å². The molecule has 2 N–H and O–H groups in total. The van der Waals surface area contributed by atoms with Crippen LogP contribution in [0.15, 0.2) is 29.3 Å². The number of rotatable bonds is 6. The van der Waals surface area contributed by atoms with Crippen LogP contribution in [0.25, 0.3) is 0 Å². The van der Waals surface area contributed by atoms with Gasteiger partial charge in [0.2, 0.25) is 10.0 Å². The topological polar surface area (TPSA) is 83.0 Å². The van der Waals surface area contributed by atoms with Gasteiger partial charge in [-0.25, -0.2) is 13.1 Å². The summed E-state index contributed by atoms with van der Waals surface area (Å²) < 4.78 is 31.7. The van der Waals surface area contributed by atoms with Gasteiger partial charge in [0.1, 0.15) is 6.10 Å². The van der Waals surface area contributed by atoms with Crippen LogP contribution in [-0.2, 0) is 14.8 Å². The normalized spacial score (nSPS) is 19.2. The summed E-state index contributed by atoms with van der Waals surface area (Å²) in [6.07, 6.45) is 1.16. The summed E-state index contributed by atoms with van der Waals surface area (Å²) >= 11 is 0. The van der Waals surface area contributed by atoms with Crippen molar-refractivity contribution in [2.75, 3.05) is 39.0 Å². The molecular weight excluding hydrogens is 364 g/mol. The fourth-order valence-electron chi connectivity index (χ4n) is 3.21. The van der Waals surface area contributed by atoms with Crippen LogP contribution in [0.3, 0.4) is 0 Å². The molecule has 0 spiro atoms. The molecule has 152 valence electrons. The Kier molecular flexibility index (Phi) is 7.25. The number of ether oxygens (including phenoxy) is 1. The highest BCUT2D eigenvalue weighted by atomic mass is 32.2. The van der Waals surface area contributed by atoms with E-state index >= 15 is 0 Å². The molecule has 0 amide bonds. The molecule has 0 aromatic heterocycles. The fourth-order valence-corrected chi connectivity index (χ4v) is 4.28. The van der Waals surface area contributed by atoms with E-state index in [0.717, 1.165) is 19.0 Å². The first-order valence-corrected chi connectivity index (χ1v) is 11.2. The maximum absolute atomic E-state index is 11.5. The minimum absolute atomic E-state index is 0.00837. The van der Waals surface area contributed by atoms with E-state index in [4.69, 9.17) is 9.73 Å². The number of morpholine rings is 1. The molecule has 0 aliphatic carbocycles. The molecule has 0 bridgehead atoms. The molecule has 7 nitrogen and oxygen atoms in total. The lowest BCUT2D eigenvalue weighted by Gasteiger charge is -2.36. The maximum atomic E-state index is 11.5. The summed E-state index contributed by atoms with van der Waals surface area (Å²) in [7, 11) is -3.29. The molecule has 27 heavy (non-hydrogen) atoms. The smallest absolute Gasteiger partial charge is 0.209 e. The minimum atomic E-state index is -3.29. The van der Waals surface area contributed by atoms with E-state index < -0.39 is 15.6 Å².